The lowest BCUT2D eigenvalue weighted by Gasteiger charge is -2.25. The molecule has 1 heterocycles. The van der Waals surface area contributed by atoms with E-state index in [0.29, 0.717) is 0 Å². The van der Waals surface area contributed by atoms with Crippen molar-refractivity contribution in [2.75, 3.05) is 6.61 Å². The van der Waals surface area contributed by atoms with E-state index in [0.717, 1.165) is 16.9 Å². The highest BCUT2D eigenvalue weighted by atomic mass is 32.2. The molecule has 1 aromatic carbocycles. The zero-order valence-corrected chi connectivity index (χ0v) is 15.2. The summed E-state index contributed by atoms with van der Waals surface area (Å²) < 4.78 is 60.4. The molecule has 2 aromatic rings. The van der Waals surface area contributed by atoms with Crippen molar-refractivity contribution in [3.63, 3.8) is 0 Å². The van der Waals surface area contributed by atoms with Gasteiger partial charge in [-0.05, 0) is 37.4 Å². The Morgan fingerprint density at radius 3 is 2.44 bits per heavy atom. The van der Waals surface area contributed by atoms with Crippen LogP contribution in [0.2, 0.25) is 0 Å². The molecule has 1 aromatic heterocycles. The number of carbonyl (C=O) groups excluding carboxylic acids is 1. The average molecular weight is 389 g/mol. The van der Waals surface area contributed by atoms with E-state index >= 15 is 0 Å². The first-order chi connectivity index (χ1) is 11.7. The predicted octanol–water partition coefficient (Wildman–Crippen LogP) is 3.27. The number of nitrogens with one attached hydrogen (secondary N) is 1. The number of aryl methyl sites for hydroxylation is 1. The molecule has 1 unspecified atom stereocenters. The number of thiophene rings is 1. The van der Waals surface area contributed by atoms with Crippen molar-refractivity contribution in [2.24, 2.45) is 0 Å². The van der Waals surface area contributed by atoms with Gasteiger partial charge < -0.3 is 4.74 Å². The third-order valence-corrected chi connectivity index (χ3v) is 5.72. The largest absolute Gasteiger partial charge is 0.462 e. The first-order valence-electron chi connectivity index (χ1n) is 7.36. The third-order valence-electron chi connectivity index (χ3n) is 3.34. The average Bonchev–Trinajstić information content (AvgIpc) is 3.07. The highest BCUT2D eigenvalue weighted by Crippen LogP contribution is 2.36. The van der Waals surface area contributed by atoms with Crippen molar-refractivity contribution in [3.05, 3.63) is 52.2 Å². The second kappa shape index (κ2) is 7.59. The maximum atomic E-state index is 14.5. The fourth-order valence-corrected chi connectivity index (χ4v) is 4.16. The van der Waals surface area contributed by atoms with Gasteiger partial charge in [-0.2, -0.15) is 13.5 Å². The standard InChI is InChI=1S/C16H17F2NO4S2/c1-3-23-15(20)16(17,18)14(13-5-4-10-24-13)19-25(21,22)12-8-6-11(2)7-9-12/h4-10,14,19H,3H2,1-2H3. The van der Waals surface area contributed by atoms with Crippen LogP contribution in [0.5, 0.6) is 0 Å². The topological polar surface area (TPSA) is 72.5 Å². The molecule has 136 valence electrons. The number of sulfonamides is 1. The van der Waals surface area contributed by atoms with Gasteiger partial charge in [-0.25, -0.2) is 13.2 Å². The molecule has 25 heavy (non-hydrogen) atoms. The Morgan fingerprint density at radius 2 is 1.92 bits per heavy atom. The van der Waals surface area contributed by atoms with Crippen molar-refractivity contribution in [3.8, 4) is 0 Å². The number of carbonyl (C=O) groups is 1. The minimum atomic E-state index is -4.27. The molecule has 9 heteroatoms. The monoisotopic (exact) mass is 389 g/mol. The second-order valence-electron chi connectivity index (χ2n) is 5.23. The normalized spacial score (nSPS) is 13.4. The summed E-state index contributed by atoms with van der Waals surface area (Å²) in [6.45, 7) is 2.92. The van der Waals surface area contributed by atoms with Crippen LogP contribution in [-0.4, -0.2) is 26.9 Å². The Labute approximate surface area is 148 Å². The van der Waals surface area contributed by atoms with Crippen LogP contribution in [0.4, 0.5) is 8.78 Å². The maximum absolute atomic E-state index is 14.5. The van der Waals surface area contributed by atoms with Crippen LogP contribution in [0.1, 0.15) is 23.4 Å². The first-order valence-corrected chi connectivity index (χ1v) is 9.72. The number of hydrogen-bond donors (Lipinski definition) is 1. The van der Waals surface area contributed by atoms with Crippen molar-refractivity contribution in [2.45, 2.75) is 30.7 Å². The van der Waals surface area contributed by atoms with Gasteiger partial charge >= 0.3 is 11.9 Å². The summed E-state index contributed by atoms with van der Waals surface area (Å²) in [5, 5.41) is 1.52. The van der Waals surface area contributed by atoms with Crippen molar-refractivity contribution in [1.29, 1.82) is 0 Å². The Morgan fingerprint density at radius 1 is 1.28 bits per heavy atom. The maximum Gasteiger partial charge on any atom is 0.379 e. The molecular formula is C16H17F2NO4S2. The molecule has 0 bridgehead atoms. The van der Waals surface area contributed by atoms with Gasteiger partial charge in [0.25, 0.3) is 0 Å². The molecule has 2 rings (SSSR count). The van der Waals surface area contributed by atoms with E-state index in [-0.39, 0.29) is 16.4 Å². The smallest absolute Gasteiger partial charge is 0.379 e. The minimum Gasteiger partial charge on any atom is -0.462 e. The summed E-state index contributed by atoms with van der Waals surface area (Å²) >= 11 is 0.917. The fourth-order valence-electron chi connectivity index (χ4n) is 2.05. The van der Waals surface area contributed by atoms with E-state index in [4.69, 9.17) is 0 Å². The van der Waals surface area contributed by atoms with Gasteiger partial charge in [-0.1, -0.05) is 23.8 Å². The Bertz CT molecular complexity index is 818. The van der Waals surface area contributed by atoms with E-state index in [1.807, 2.05) is 4.72 Å². The van der Waals surface area contributed by atoms with Crippen LogP contribution in [0.25, 0.3) is 0 Å². The molecule has 1 N–H and O–H groups in total. The van der Waals surface area contributed by atoms with Crippen molar-refractivity contribution in [1.82, 2.24) is 4.72 Å². The second-order valence-corrected chi connectivity index (χ2v) is 7.92. The number of rotatable bonds is 7. The number of alkyl halides is 2. The van der Waals surface area contributed by atoms with E-state index < -0.39 is 28.0 Å². The predicted molar refractivity (Wildman–Crippen MR) is 90.1 cm³/mol. The van der Waals surface area contributed by atoms with Crippen molar-refractivity contribution >= 4 is 27.3 Å². The summed E-state index contributed by atoms with van der Waals surface area (Å²) in [7, 11) is -4.27. The number of esters is 1. The number of ether oxygens (including phenoxy) is 1. The number of halogens is 2. The Balaban J connectivity index is 2.40. The lowest BCUT2D eigenvalue weighted by atomic mass is 10.1. The fraction of sp³-hybridized carbons (Fsp3) is 0.312. The lowest BCUT2D eigenvalue weighted by molar-refractivity contribution is -0.175. The molecule has 0 spiro atoms. The first kappa shape index (κ1) is 19.5. The number of hydrogen-bond acceptors (Lipinski definition) is 5. The van der Waals surface area contributed by atoms with E-state index in [9.17, 15) is 22.0 Å². The van der Waals surface area contributed by atoms with Crippen LogP contribution in [0, 0.1) is 6.92 Å². The molecule has 0 aliphatic heterocycles. The molecule has 0 radical (unpaired) electrons. The molecule has 0 saturated carbocycles. The molecule has 5 nitrogen and oxygen atoms in total. The summed E-state index contributed by atoms with van der Waals surface area (Å²) in [6, 6.07) is 6.50. The summed E-state index contributed by atoms with van der Waals surface area (Å²) in [4.78, 5) is 11.5. The van der Waals surface area contributed by atoms with Crippen LogP contribution in [-0.2, 0) is 19.6 Å². The minimum absolute atomic E-state index is 0.00809. The quantitative estimate of drug-likeness (QED) is 0.738. The van der Waals surface area contributed by atoms with Gasteiger partial charge in [-0.3, -0.25) is 0 Å². The summed E-state index contributed by atoms with van der Waals surface area (Å²) in [6.07, 6.45) is 0. The molecule has 0 fully saturated rings. The molecule has 0 aliphatic carbocycles. The Kier molecular flexibility index (Phi) is 5.91. The summed E-state index contributed by atoms with van der Waals surface area (Å²) in [5.41, 5.74) is 0.825. The van der Waals surface area contributed by atoms with Gasteiger partial charge in [-0.15, -0.1) is 11.3 Å². The number of benzene rings is 1. The van der Waals surface area contributed by atoms with Crippen LogP contribution >= 0.6 is 11.3 Å². The van der Waals surface area contributed by atoms with E-state index in [1.54, 1.807) is 19.1 Å². The highest BCUT2D eigenvalue weighted by molar-refractivity contribution is 7.89. The summed E-state index contributed by atoms with van der Waals surface area (Å²) in [5.74, 6) is -5.83. The van der Waals surface area contributed by atoms with Crippen LogP contribution < -0.4 is 4.72 Å². The van der Waals surface area contributed by atoms with Crippen LogP contribution in [0.15, 0.2) is 46.7 Å². The lowest BCUT2D eigenvalue weighted by Crippen LogP contribution is -2.46. The van der Waals surface area contributed by atoms with Gasteiger partial charge in [0.15, 0.2) is 0 Å². The highest BCUT2D eigenvalue weighted by Gasteiger charge is 2.51. The van der Waals surface area contributed by atoms with Gasteiger partial charge in [0.05, 0.1) is 11.5 Å². The molecule has 0 saturated heterocycles. The van der Waals surface area contributed by atoms with E-state index in [1.165, 1.54) is 36.6 Å². The van der Waals surface area contributed by atoms with Gasteiger partial charge in [0.2, 0.25) is 10.0 Å². The SMILES string of the molecule is CCOC(=O)C(F)(F)C(NS(=O)(=O)c1ccc(C)cc1)c1cccs1. The van der Waals surface area contributed by atoms with Crippen molar-refractivity contribution < 1.29 is 26.7 Å². The van der Waals surface area contributed by atoms with E-state index in [2.05, 4.69) is 4.74 Å². The van der Waals surface area contributed by atoms with Crippen LogP contribution in [0.3, 0.4) is 0 Å². The molecule has 1 atom stereocenters. The molecule has 0 aliphatic rings. The zero-order valence-electron chi connectivity index (χ0n) is 13.5. The van der Waals surface area contributed by atoms with Gasteiger partial charge in [0.1, 0.15) is 6.04 Å². The molecule has 0 amide bonds. The zero-order chi connectivity index (χ0) is 18.7. The van der Waals surface area contributed by atoms with Gasteiger partial charge in [0, 0.05) is 4.88 Å². The Hall–Kier alpha value is -1.84. The molecular weight excluding hydrogens is 372 g/mol. The third kappa shape index (κ3) is 4.42.